The molecule has 1 N–H and O–H groups in total. The summed E-state index contributed by atoms with van der Waals surface area (Å²) in [4.78, 5) is 18.0. The van der Waals surface area contributed by atoms with Crippen molar-refractivity contribution in [3.05, 3.63) is 64.2 Å². The molecule has 0 aliphatic carbocycles. The fourth-order valence-corrected chi connectivity index (χ4v) is 3.89. The van der Waals surface area contributed by atoms with Crippen LogP contribution in [-0.2, 0) is 4.74 Å². The first-order valence-corrected chi connectivity index (χ1v) is 9.88. The first kappa shape index (κ1) is 20.0. The summed E-state index contributed by atoms with van der Waals surface area (Å²) in [6.45, 7) is 7.02. The highest BCUT2D eigenvalue weighted by Crippen LogP contribution is 2.31. The number of benzene rings is 2. The van der Waals surface area contributed by atoms with Crippen molar-refractivity contribution in [2.45, 2.75) is 20.8 Å². The Morgan fingerprint density at radius 3 is 2.50 bits per heavy atom. The molecule has 0 unspecified atom stereocenters. The second-order valence-corrected chi connectivity index (χ2v) is 7.57. The summed E-state index contributed by atoms with van der Waals surface area (Å²) in [5, 5.41) is 3.80. The Hall–Kier alpha value is -2.70. The first-order valence-electron chi connectivity index (χ1n) is 9.06. The van der Waals surface area contributed by atoms with E-state index in [1.165, 1.54) is 16.9 Å². The van der Waals surface area contributed by atoms with Crippen LogP contribution in [0.5, 0.6) is 5.75 Å². The van der Waals surface area contributed by atoms with Crippen molar-refractivity contribution in [3.8, 4) is 16.3 Å². The summed E-state index contributed by atoms with van der Waals surface area (Å²) in [7, 11) is 1.63. The van der Waals surface area contributed by atoms with Crippen molar-refractivity contribution in [2.75, 3.05) is 25.6 Å². The molecule has 0 aliphatic heterocycles. The van der Waals surface area contributed by atoms with E-state index in [9.17, 15) is 4.79 Å². The van der Waals surface area contributed by atoms with Gasteiger partial charge in [-0.05, 0) is 50.6 Å². The van der Waals surface area contributed by atoms with E-state index < -0.39 is 0 Å². The van der Waals surface area contributed by atoms with E-state index in [0.717, 1.165) is 27.6 Å². The van der Waals surface area contributed by atoms with Gasteiger partial charge in [-0.3, -0.25) is 4.79 Å². The summed E-state index contributed by atoms with van der Waals surface area (Å²) in [5.74, 6) is 0.584. The van der Waals surface area contributed by atoms with Crippen LogP contribution in [-0.4, -0.2) is 31.2 Å². The second-order valence-electron chi connectivity index (χ2n) is 6.57. The molecule has 3 aromatic rings. The van der Waals surface area contributed by atoms with E-state index in [2.05, 4.69) is 42.3 Å². The Labute approximate surface area is 169 Å². The average Bonchev–Trinajstić information content (AvgIpc) is 3.05. The van der Waals surface area contributed by atoms with Gasteiger partial charge < -0.3 is 14.8 Å². The largest absolute Gasteiger partial charge is 0.491 e. The molecule has 28 heavy (non-hydrogen) atoms. The van der Waals surface area contributed by atoms with Crippen LogP contribution in [0.25, 0.3) is 10.6 Å². The van der Waals surface area contributed by atoms with Gasteiger partial charge in [-0.1, -0.05) is 23.8 Å². The minimum atomic E-state index is -0.154. The Bertz CT molecular complexity index is 964. The van der Waals surface area contributed by atoms with Gasteiger partial charge in [0.1, 0.15) is 22.2 Å². The van der Waals surface area contributed by atoms with Crippen LogP contribution in [0, 0.1) is 20.8 Å². The maximum absolute atomic E-state index is 12.7. The van der Waals surface area contributed by atoms with Gasteiger partial charge in [0.15, 0.2) is 0 Å². The van der Waals surface area contributed by atoms with Crippen LogP contribution in [0.3, 0.4) is 0 Å². The van der Waals surface area contributed by atoms with E-state index in [4.69, 9.17) is 9.47 Å². The molecule has 0 fully saturated rings. The summed E-state index contributed by atoms with van der Waals surface area (Å²) < 4.78 is 10.5. The number of thiazole rings is 1. The summed E-state index contributed by atoms with van der Waals surface area (Å²) in [5.41, 5.74) is 4.88. The van der Waals surface area contributed by atoms with Gasteiger partial charge in [0.05, 0.1) is 12.3 Å². The lowest BCUT2D eigenvalue weighted by Gasteiger charge is -2.07. The first-order chi connectivity index (χ1) is 13.5. The van der Waals surface area contributed by atoms with Crippen LogP contribution in [0.1, 0.15) is 26.5 Å². The van der Waals surface area contributed by atoms with E-state index in [-0.39, 0.29) is 5.91 Å². The zero-order chi connectivity index (χ0) is 20.1. The fraction of sp³-hybridized carbons (Fsp3) is 0.273. The molecule has 1 amide bonds. The smallest absolute Gasteiger partial charge is 0.267 e. The van der Waals surface area contributed by atoms with Gasteiger partial charge >= 0.3 is 0 Å². The Morgan fingerprint density at radius 1 is 1.07 bits per heavy atom. The molecule has 0 saturated carbocycles. The number of hydrogen-bond donors (Lipinski definition) is 1. The number of ether oxygens (including phenoxy) is 2. The maximum atomic E-state index is 12.7. The fourth-order valence-electron chi connectivity index (χ4n) is 2.84. The molecule has 2 aromatic carbocycles. The van der Waals surface area contributed by atoms with Gasteiger partial charge in [-0.15, -0.1) is 11.3 Å². The van der Waals surface area contributed by atoms with Gasteiger partial charge in [-0.2, -0.15) is 0 Å². The highest BCUT2D eigenvalue weighted by atomic mass is 32.1. The van der Waals surface area contributed by atoms with Crippen LogP contribution >= 0.6 is 11.3 Å². The van der Waals surface area contributed by atoms with Crippen molar-refractivity contribution in [2.24, 2.45) is 0 Å². The van der Waals surface area contributed by atoms with Crippen molar-refractivity contribution in [1.82, 2.24) is 4.98 Å². The highest BCUT2D eigenvalue weighted by Gasteiger charge is 2.17. The zero-order valence-electron chi connectivity index (χ0n) is 16.5. The number of carbonyl (C=O) groups excluding carboxylic acids is 1. The van der Waals surface area contributed by atoms with Gasteiger partial charge in [0.25, 0.3) is 5.91 Å². The number of methoxy groups -OCH3 is 1. The predicted octanol–water partition coefficient (Wildman–Crippen LogP) is 5.01. The molecule has 6 heteroatoms. The van der Waals surface area contributed by atoms with E-state index >= 15 is 0 Å². The minimum Gasteiger partial charge on any atom is -0.491 e. The maximum Gasteiger partial charge on any atom is 0.267 e. The van der Waals surface area contributed by atoms with Crippen molar-refractivity contribution in [3.63, 3.8) is 0 Å². The lowest BCUT2D eigenvalue weighted by Crippen LogP contribution is -2.11. The number of rotatable bonds is 7. The van der Waals surface area contributed by atoms with Crippen LogP contribution < -0.4 is 10.1 Å². The summed E-state index contributed by atoms with van der Waals surface area (Å²) in [6, 6.07) is 13.5. The lowest BCUT2D eigenvalue weighted by atomic mass is 10.1. The third kappa shape index (κ3) is 4.77. The topological polar surface area (TPSA) is 60.5 Å². The number of aryl methyl sites for hydroxylation is 3. The molecular formula is C22H24N2O3S. The summed E-state index contributed by atoms with van der Waals surface area (Å²) >= 11 is 1.41. The molecular weight excluding hydrogens is 372 g/mol. The second kappa shape index (κ2) is 8.99. The number of aromatic nitrogens is 1. The van der Waals surface area contributed by atoms with Gasteiger partial charge in [0, 0.05) is 18.4 Å². The number of amides is 1. The zero-order valence-corrected chi connectivity index (χ0v) is 17.4. The van der Waals surface area contributed by atoms with Crippen LogP contribution in [0.2, 0.25) is 0 Å². The van der Waals surface area contributed by atoms with Gasteiger partial charge in [0.2, 0.25) is 0 Å². The van der Waals surface area contributed by atoms with Crippen molar-refractivity contribution >= 4 is 22.9 Å². The number of anilines is 1. The molecule has 0 spiro atoms. The monoisotopic (exact) mass is 396 g/mol. The third-order valence-electron chi connectivity index (χ3n) is 4.28. The molecule has 0 radical (unpaired) electrons. The summed E-state index contributed by atoms with van der Waals surface area (Å²) in [6.07, 6.45) is 0. The molecule has 0 aliphatic rings. The van der Waals surface area contributed by atoms with Crippen LogP contribution in [0.4, 0.5) is 5.69 Å². The lowest BCUT2D eigenvalue weighted by molar-refractivity contribution is 0.103. The average molecular weight is 397 g/mol. The SMILES string of the molecule is COCCOc1ccc(NC(=O)c2sc(-c3ccc(C)cc3C)nc2C)cc1. The molecule has 1 aromatic heterocycles. The van der Waals surface area contributed by atoms with E-state index in [1.807, 2.05) is 31.2 Å². The molecule has 0 bridgehead atoms. The number of carbonyl (C=O) groups is 1. The number of nitrogens with zero attached hydrogens (tertiary/aromatic N) is 1. The molecule has 5 nitrogen and oxygen atoms in total. The molecule has 146 valence electrons. The molecule has 0 atom stereocenters. The standard InChI is InChI=1S/C22H24N2O3S/c1-14-5-10-19(15(2)13-14)22-23-16(3)20(28-22)21(25)24-17-6-8-18(9-7-17)27-12-11-26-4/h5-10,13H,11-12H2,1-4H3,(H,24,25). The highest BCUT2D eigenvalue weighted by molar-refractivity contribution is 7.17. The number of hydrogen-bond acceptors (Lipinski definition) is 5. The van der Waals surface area contributed by atoms with E-state index in [0.29, 0.717) is 23.8 Å². The Kier molecular flexibility index (Phi) is 6.44. The Balaban J connectivity index is 1.72. The van der Waals surface area contributed by atoms with Crippen molar-refractivity contribution < 1.29 is 14.3 Å². The number of nitrogens with one attached hydrogen (secondary N) is 1. The minimum absolute atomic E-state index is 0.154. The third-order valence-corrected chi connectivity index (χ3v) is 5.47. The van der Waals surface area contributed by atoms with Crippen LogP contribution in [0.15, 0.2) is 42.5 Å². The quantitative estimate of drug-likeness (QED) is 0.570. The molecule has 1 heterocycles. The molecule has 0 saturated heterocycles. The van der Waals surface area contributed by atoms with Gasteiger partial charge in [-0.25, -0.2) is 4.98 Å². The van der Waals surface area contributed by atoms with E-state index in [1.54, 1.807) is 7.11 Å². The normalized spacial score (nSPS) is 10.7. The van der Waals surface area contributed by atoms with Crippen molar-refractivity contribution in [1.29, 1.82) is 0 Å². The Morgan fingerprint density at radius 2 is 1.82 bits per heavy atom. The predicted molar refractivity (Wildman–Crippen MR) is 114 cm³/mol. The molecule has 3 rings (SSSR count).